The van der Waals surface area contributed by atoms with Crippen LogP contribution >= 0.6 is 7.82 Å². The normalized spacial score (nSPS) is 13.9. The molecule has 296 valence electrons. The lowest BCUT2D eigenvalue weighted by molar-refractivity contribution is -0.161. The summed E-state index contributed by atoms with van der Waals surface area (Å²) in [5, 5.41) is 0. The Kier molecular flexibility index (Phi) is 36.2. The number of ether oxygens (including phenoxy) is 2. The Labute approximate surface area is 311 Å². The molecule has 3 N–H and O–H groups in total. The van der Waals surface area contributed by atoms with Crippen molar-refractivity contribution in [2.45, 2.75) is 174 Å². The van der Waals surface area contributed by atoms with Crippen LogP contribution in [0.2, 0.25) is 0 Å². The molecule has 0 radical (unpaired) electrons. The Balaban J connectivity index is 4.28. The number of phosphoric acid groups is 1. The number of esters is 2. The van der Waals surface area contributed by atoms with Gasteiger partial charge < -0.3 is 20.1 Å². The summed E-state index contributed by atoms with van der Waals surface area (Å²) in [6.07, 6.45) is 41.4. The minimum atomic E-state index is -4.38. The molecule has 0 aliphatic rings. The quantitative estimate of drug-likeness (QED) is 0.0276. The Morgan fingerprint density at radius 2 is 1.02 bits per heavy atom. The van der Waals surface area contributed by atoms with Crippen LogP contribution in [0.25, 0.3) is 0 Å². The van der Waals surface area contributed by atoms with Crippen molar-refractivity contribution in [3.05, 3.63) is 48.6 Å². The van der Waals surface area contributed by atoms with Crippen molar-refractivity contribution in [2.24, 2.45) is 5.73 Å². The van der Waals surface area contributed by atoms with Crippen LogP contribution in [0.3, 0.4) is 0 Å². The molecule has 0 amide bonds. The van der Waals surface area contributed by atoms with Gasteiger partial charge in [-0.3, -0.25) is 18.6 Å². The van der Waals surface area contributed by atoms with Gasteiger partial charge in [0.15, 0.2) is 6.10 Å². The van der Waals surface area contributed by atoms with Crippen molar-refractivity contribution in [1.82, 2.24) is 0 Å². The minimum absolute atomic E-state index is 0.0461. The van der Waals surface area contributed by atoms with Gasteiger partial charge in [-0.1, -0.05) is 127 Å². The number of carbonyl (C=O) groups is 2. The molecule has 0 heterocycles. The molecule has 51 heavy (non-hydrogen) atoms. The summed E-state index contributed by atoms with van der Waals surface area (Å²) in [4.78, 5) is 34.7. The van der Waals surface area contributed by atoms with Gasteiger partial charge in [-0.2, -0.15) is 0 Å². The van der Waals surface area contributed by atoms with E-state index in [0.717, 1.165) is 57.8 Å². The van der Waals surface area contributed by atoms with E-state index >= 15 is 0 Å². The van der Waals surface area contributed by atoms with Crippen molar-refractivity contribution in [3.63, 3.8) is 0 Å². The Morgan fingerprint density at radius 1 is 0.588 bits per heavy atom. The van der Waals surface area contributed by atoms with Crippen LogP contribution in [0.1, 0.15) is 168 Å². The molecular weight excluding hydrogens is 665 g/mol. The molecule has 0 aromatic heterocycles. The highest BCUT2D eigenvalue weighted by molar-refractivity contribution is 7.47. The average Bonchev–Trinajstić information content (AvgIpc) is 3.11. The summed E-state index contributed by atoms with van der Waals surface area (Å²) in [5.41, 5.74) is 5.33. The standard InChI is InChI=1S/C41H74NO8P/c1-3-5-7-9-11-13-15-17-19-21-23-25-27-29-31-33-40(43)47-37-39(38-49-51(45,46)48-36-35-42)50-41(44)34-32-30-28-26-24-22-20-18-16-14-12-10-8-6-4-2/h11,13-14,16-17,19,23,25,39H,3-10,12,15,18,20-22,24,26-38,42H2,1-2H3,(H,45,46)/t39-/m1/s1. The summed E-state index contributed by atoms with van der Waals surface area (Å²) in [6.45, 7) is 3.63. The zero-order valence-electron chi connectivity index (χ0n) is 32.3. The number of rotatable bonds is 37. The maximum atomic E-state index is 12.5. The van der Waals surface area contributed by atoms with Crippen LogP contribution in [0.15, 0.2) is 48.6 Å². The van der Waals surface area contributed by atoms with Gasteiger partial charge in [-0.15, -0.1) is 0 Å². The van der Waals surface area contributed by atoms with E-state index in [9.17, 15) is 19.0 Å². The van der Waals surface area contributed by atoms with E-state index < -0.39 is 32.5 Å². The minimum Gasteiger partial charge on any atom is -0.462 e. The first-order valence-corrected chi connectivity index (χ1v) is 21.6. The predicted octanol–water partition coefficient (Wildman–Crippen LogP) is 11.2. The van der Waals surface area contributed by atoms with Crippen LogP contribution in [-0.4, -0.2) is 49.3 Å². The largest absolute Gasteiger partial charge is 0.472 e. The second-order valence-corrected chi connectivity index (χ2v) is 14.6. The zero-order valence-corrected chi connectivity index (χ0v) is 33.2. The van der Waals surface area contributed by atoms with Gasteiger partial charge in [-0.25, -0.2) is 4.57 Å². The van der Waals surface area contributed by atoms with Crippen LogP contribution < -0.4 is 5.73 Å². The third-order valence-electron chi connectivity index (χ3n) is 8.19. The second kappa shape index (κ2) is 37.7. The number of hydrogen-bond acceptors (Lipinski definition) is 8. The van der Waals surface area contributed by atoms with Crippen molar-refractivity contribution < 1.29 is 37.6 Å². The fourth-order valence-electron chi connectivity index (χ4n) is 5.16. The highest BCUT2D eigenvalue weighted by Crippen LogP contribution is 2.43. The van der Waals surface area contributed by atoms with Gasteiger partial charge in [0.05, 0.1) is 13.2 Å². The molecule has 0 aromatic carbocycles. The molecule has 0 aliphatic heterocycles. The molecule has 0 bridgehead atoms. The van der Waals surface area contributed by atoms with E-state index in [1.54, 1.807) is 0 Å². The molecule has 2 atom stereocenters. The summed E-state index contributed by atoms with van der Waals surface area (Å²) < 4.78 is 32.7. The highest BCUT2D eigenvalue weighted by atomic mass is 31.2. The van der Waals surface area contributed by atoms with Gasteiger partial charge in [-0.05, 0) is 77.0 Å². The molecule has 0 fully saturated rings. The van der Waals surface area contributed by atoms with Gasteiger partial charge in [0.1, 0.15) is 6.61 Å². The number of phosphoric ester groups is 1. The molecule has 0 rings (SSSR count). The molecule has 9 nitrogen and oxygen atoms in total. The fourth-order valence-corrected chi connectivity index (χ4v) is 5.93. The number of carbonyl (C=O) groups excluding carboxylic acids is 2. The summed E-state index contributed by atoms with van der Waals surface area (Å²) in [5.74, 6) is -0.881. The number of unbranched alkanes of at least 4 members (excludes halogenated alkanes) is 16. The molecule has 0 saturated carbocycles. The van der Waals surface area contributed by atoms with E-state index in [0.29, 0.717) is 12.8 Å². The highest BCUT2D eigenvalue weighted by Gasteiger charge is 2.25. The van der Waals surface area contributed by atoms with E-state index in [-0.39, 0.29) is 32.6 Å². The monoisotopic (exact) mass is 740 g/mol. The van der Waals surface area contributed by atoms with Crippen LogP contribution in [-0.2, 0) is 32.7 Å². The van der Waals surface area contributed by atoms with Gasteiger partial charge in [0.25, 0.3) is 0 Å². The number of nitrogens with two attached hydrogens (primary N) is 1. The van der Waals surface area contributed by atoms with Gasteiger partial charge >= 0.3 is 19.8 Å². The maximum Gasteiger partial charge on any atom is 0.472 e. The topological polar surface area (TPSA) is 134 Å². The third-order valence-corrected chi connectivity index (χ3v) is 9.17. The maximum absolute atomic E-state index is 12.5. The molecular formula is C41H74NO8P. The summed E-state index contributed by atoms with van der Waals surface area (Å²) in [6, 6.07) is 0. The average molecular weight is 740 g/mol. The SMILES string of the molecule is CCCCCC=CCC=CCC=CCCCCC(=O)OC[C@H](COP(=O)(O)OCCN)OC(=O)CCCCCCCCCC=CCCCCCC. The third kappa shape index (κ3) is 37.5. The summed E-state index contributed by atoms with van der Waals surface area (Å²) in [7, 11) is -4.38. The number of hydrogen-bond donors (Lipinski definition) is 2. The van der Waals surface area contributed by atoms with Crippen molar-refractivity contribution >= 4 is 19.8 Å². The molecule has 10 heteroatoms. The van der Waals surface area contributed by atoms with Crippen LogP contribution in [0.4, 0.5) is 0 Å². The number of allylic oxidation sites excluding steroid dienone is 8. The molecule has 0 spiro atoms. The van der Waals surface area contributed by atoms with E-state index in [1.807, 2.05) is 0 Å². The lowest BCUT2D eigenvalue weighted by Gasteiger charge is -2.19. The lowest BCUT2D eigenvalue weighted by Crippen LogP contribution is -2.29. The molecule has 0 saturated heterocycles. The van der Waals surface area contributed by atoms with Crippen LogP contribution in [0, 0.1) is 0 Å². The Bertz CT molecular complexity index is 981. The van der Waals surface area contributed by atoms with Crippen molar-refractivity contribution in [1.29, 1.82) is 0 Å². The smallest absolute Gasteiger partial charge is 0.462 e. The molecule has 0 aromatic rings. The zero-order chi connectivity index (χ0) is 37.5. The predicted molar refractivity (Wildman–Crippen MR) is 210 cm³/mol. The Morgan fingerprint density at radius 3 is 1.61 bits per heavy atom. The van der Waals surface area contributed by atoms with Gasteiger partial charge in [0.2, 0.25) is 0 Å². The van der Waals surface area contributed by atoms with Crippen molar-refractivity contribution in [2.75, 3.05) is 26.4 Å². The van der Waals surface area contributed by atoms with E-state index in [1.165, 1.54) is 70.6 Å². The van der Waals surface area contributed by atoms with E-state index in [4.69, 9.17) is 24.3 Å². The van der Waals surface area contributed by atoms with Crippen LogP contribution in [0.5, 0.6) is 0 Å². The first-order valence-electron chi connectivity index (χ1n) is 20.1. The lowest BCUT2D eigenvalue weighted by atomic mass is 10.1. The van der Waals surface area contributed by atoms with Crippen molar-refractivity contribution in [3.8, 4) is 0 Å². The van der Waals surface area contributed by atoms with Gasteiger partial charge in [0, 0.05) is 19.4 Å². The first kappa shape index (κ1) is 49.0. The molecule has 1 unspecified atom stereocenters. The van der Waals surface area contributed by atoms with E-state index in [2.05, 4.69) is 62.5 Å². The first-order chi connectivity index (χ1) is 24.8. The molecule has 0 aliphatic carbocycles. The fraction of sp³-hybridized carbons (Fsp3) is 0.756. The Hall–Kier alpha value is -2.03. The second-order valence-electron chi connectivity index (χ2n) is 13.1. The summed E-state index contributed by atoms with van der Waals surface area (Å²) >= 11 is 0.